The van der Waals surface area contributed by atoms with Gasteiger partial charge in [-0.2, -0.15) is 0 Å². The molecule has 2 aromatic rings. The molecule has 0 aromatic heterocycles. The number of halogens is 1. The molecule has 0 spiro atoms. The lowest BCUT2D eigenvalue weighted by Gasteiger charge is -2.14. The predicted octanol–water partition coefficient (Wildman–Crippen LogP) is 2.52. The molecule has 3 rings (SSSR count). The number of rotatable bonds is 5. The van der Waals surface area contributed by atoms with Crippen LogP contribution in [-0.2, 0) is 9.53 Å². The lowest BCUT2D eigenvalue weighted by Crippen LogP contribution is -2.34. The fourth-order valence-electron chi connectivity index (χ4n) is 2.23. The van der Waals surface area contributed by atoms with E-state index in [4.69, 9.17) is 21.1 Å². The van der Waals surface area contributed by atoms with E-state index in [1.165, 1.54) is 0 Å². The van der Waals surface area contributed by atoms with E-state index in [0.717, 1.165) is 4.90 Å². The van der Waals surface area contributed by atoms with Crippen LogP contribution in [0.15, 0.2) is 48.5 Å². The smallest absolute Gasteiger partial charge is 0.345 e. The van der Waals surface area contributed by atoms with Crippen molar-refractivity contribution in [2.45, 2.75) is 0 Å². The van der Waals surface area contributed by atoms with Gasteiger partial charge in [-0.25, -0.2) is 9.69 Å². The minimum Gasteiger partial charge on any atom is -0.480 e. The average molecular weight is 346 g/mol. The zero-order valence-electron chi connectivity index (χ0n) is 12.4. The molecule has 24 heavy (non-hydrogen) atoms. The third-order valence-electron chi connectivity index (χ3n) is 3.41. The lowest BCUT2D eigenvalue weighted by molar-refractivity contribution is -0.148. The van der Waals surface area contributed by atoms with Gasteiger partial charge < -0.3 is 9.47 Å². The molecule has 0 saturated carbocycles. The van der Waals surface area contributed by atoms with Crippen LogP contribution in [0.4, 0.5) is 0 Å². The molecule has 0 unspecified atom stereocenters. The number of para-hydroxylation sites is 1. The lowest BCUT2D eigenvalue weighted by atomic mass is 10.1. The highest BCUT2D eigenvalue weighted by atomic mass is 35.5. The number of benzene rings is 2. The number of hydrogen-bond acceptors (Lipinski definition) is 5. The molecule has 122 valence electrons. The Morgan fingerprint density at radius 1 is 0.958 bits per heavy atom. The van der Waals surface area contributed by atoms with Gasteiger partial charge in [0.1, 0.15) is 5.75 Å². The van der Waals surface area contributed by atoms with Gasteiger partial charge in [0.15, 0.2) is 13.3 Å². The van der Waals surface area contributed by atoms with E-state index in [2.05, 4.69) is 0 Å². The standard InChI is InChI=1S/C17H12ClNO5/c18-13-7-3-4-8-14(13)23-9-15(20)24-10-19-16(21)11-5-1-2-6-12(11)17(19)22/h1-8H,9-10H2. The van der Waals surface area contributed by atoms with Crippen LogP contribution in [0.5, 0.6) is 5.75 Å². The molecule has 1 heterocycles. The molecule has 0 fully saturated rings. The van der Waals surface area contributed by atoms with Crippen LogP contribution in [0.25, 0.3) is 0 Å². The van der Waals surface area contributed by atoms with Crippen LogP contribution in [0.1, 0.15) is 20.7 Å². The van der Waals surface area contributed by atoms with Gasteiger partial charge >= 0.3 is 5.97 Å². The number of amides is 2. The molecule has 1 aliphatic rings. The highest BCUT2D eigenvalue weighted by Gasteiger charge is 2.35. The molecule has 0 saturated heterocycles. The Labute approximate surface area is 142 Å². The normalized spacial score (nSPS) is 13.0. The van der Waals surface area contributed by atoms with E-state index in [9.17, 15) is 14.4 Å². The quantitative estimate of drug-likeness (QED) is 0.615. The highest BCUT2D eigenvalue weighted by molar-refractivity contribution is 6.32. The topological polar surface area (TPSA) is 72.9 Å². The summed E-state index contributed by atoms with van der Waals surface area (Å²) in [6.45, 7) is -0.843. The Balaban J connectivity index is 1.55. The Morgan fingerprint density at radius 2 is 1.54 bits per heavy atom. The minimum atomic E-state index is -0.716. The molecule has 0 aliphatic carbocycles. The van der Waals surface area contributed by atoms with Crippen molar-refractivity contribution in [1.82, 2.24) is 4.90 Å². The summed E-state index contributed by atoms with van der Waals surface area (Å²) in [6.07, 6.45) is 0. The second-order valence-electron chi connectivity index (χ2n) is 4.95. The van der Waals surface area contributed by atoms with Crippen molar-refractivity contribution in [1.29, 1.82) is 0 Å². The van der Waals surface area contributed by atoms with Gasteiger partial charge in [-0.05, 0) is 24.3 Å². The number of carbonyl (C=O) groups excluding carboxylic acids is 3. The third kappa shape index (κ3) is 3.09. The zero-order valence-corrected chi connectivity index (χ0v) is 13.2. The Hall–Kier alpha value is -2.86. The van der Waals surface area contributed by atoms with Crippen molar-refractivity contribution in [2.75, 3.05) is 13.3 Å². The highest BCUT2D eigenvalue weighted by Crippen LogP contribution is 2.23. The van der Waals surface area contributed by atoms with Gasteiger partial charge in [0, 0.05) is 0 Å². The van der Waals surface area contributed by atoms with Crippen molar-refractivity contribution in [2.24, 2.45) is 0 Å². The Bertz CT molecular complexity index is 785. The maximum atomic E-state index is 12.1. The minimum absolute atomic E-state index is 0.297. The second-order valence-corrected chi connectivity index (χ2v) is 5.36. The van der Waals surface area contributed by atoms with E-state index in [1.54, 1.807) is 48.5 Å². The number of imide groups is 1. The number of fused-ring (bicyclic) bond motifs is 1. The van der Waals surface area contributed by atoms with E-state index < -0.39 is 24.5 Å². The molecule has 1 aliphatic heterocycles. The van der Waals surface area contributed by atoms with E-state index in [0.29, 0.717) is 21.9 Å². The maximum Gasteiger partial charge on any atom is 0.345 e. The summed E-state index contributed by atoms with van der Waals surface area (Å²) in [5.74, 6) is -1.35. The molecular formula is C17H12ClNO5. The second kappa shape index (κ2) is 6.72. The summed E-state index contributed by atoms with van der Waals surface area (Å²) in [4.78, 5) is 36.8. The predicted molar refractivity (Wildman–Crippen MR) is 84.8 cm³/mol. The van der Waals surface area contributed by atoms with Crippen LogP contribution in [0.3, 0.4) is 0 Å². The summed E-state index contributed by atoms with van der Waals surface area (Å²) >= 11 is 5.90. The number of carbonyl (C=O) groups is 3. The van der Waals surface area contributed by atoms with Gasteiger partial charge in [-0.1, -0.05) is 35.9 Å². The molecular weight excluding hydrogens is 334 g/mol. The molecule has 2 aromatic carbocycles. The number of hydrogen-bond donors (Lipinski definition) is 0. The largest absolute Gasteiger partial charge is 0.480 e. The number of esters is 1. The fourth-order valence-corrected chi connectivity index (χ4v) is 2.42. The van der Waals surface area contributed by atoms with Gasteiger partial charge in [0.2, 0.25) is 0 Å². The summed E-state index contributed by atoms with van der Waals surface area (Å²) in [5.41, 5.74) is 0.594. The Kier molecular flexibility index (Phi) is 4.48. The van der Waals surface area contributed by atoms with Gasteiger partial charge in [0.05, 0.1) is 16.1 Å². The maximum absolute atomic E-state index is 12.1. The molecule has 0 atom stereocenters. The monoisotopic (exact) mass is 345 g/mol. The van der Waals surface area contributed by atoms with Crippen molar-refractivity contribution in [3.63, 3.8) is 0 Å². The molecule has 7 heteroatoms. The average Bonchev–Trinajstić information content (AvgIpc) is 2.84. The summed E-state index contributed by atoms with van der Waals surface area (Å²) < 4.78 is 10.2. The van der Waals surface area contributed by atoms with E-state index in [1.807, 2.05) is 0 Å². The summed E-state index contributed by atoms with van der Waals surface area (Å²) in [6, 6.07) is 13.1. The molecule has 0 radical (unpaired) electrons. The zero-order chi connectivity index (χ0) is 17.1. The van der Waals surface area contributed by atoms with Gasteiger partial charge in [-0.15, -0.1) is 0 Å². The van der Waals surface area contributed by atoms with Gasteiger partial charge in [0.25, 0.3) is 11.8 Å². The van der Waals surface area contributed by atoms with Crippen LogP contribution in [0.2, 0.25) is 5.02 Å². The van der Waals surface area contributed by atoms with Crippen LogP contribution in [-0.4, -0.2) is 36.0 Å². The van der Waals surface area contributed by atoms with Crippen LogP contribution in [0, 0.1) is 0 Å². The Morgan fingerprint density at radius 3 is 2.17 bits per heavy atom. The summed E-state index contributed by atoms with van der Waals surface area (Å²) in [7, 11) is 0. The molecule has 2 amide bonds. The van der Waals surface area contributed by atoms with Crippen LogP contribution >= 0.6 is 11.6 Å². The van der Waals surface area contributed by atoms with E-state index in [-0.39, 0.29) is 6.61 Å². The van der Waals surface area contributed by atoms with Crippen molar-refractivity contribution in [3.05, 3.63) is 64.7 Å². The van der Waals surface area contributed by atoms with Crippen LogP contribution < -0.4 is 4.74 Å². The number of ether oxygens (including phenoxy) is 2. The SMILES string of the molecule is O=C(COc1ccccc1Cl)OCN1C(=O)c2ccccc2C1=O. The number of nitrogens with zero attached hydrogens (tertiary/aromatic N) is 1. The van der Waals surface area contributed by atoms with Crippen molar-refractivity contribution in [3.8, 4) is 5.75 Å². The first kappa shape index (κ1) is 16.0. The van der Waals surface area contributed by atoms with Crippen molar-refractivity contribution >= 4 is 29.4 Å². The first-order valence-corrected chi connectivity index (χ1v) is 7.44. The van der Waals surface area contributed by atoms with Crippen molar-refractivity contribution < 1.29 is 23.9 Å². The molecule has 0 N–H and O–H groups in total. The third-order valence-corrected chi connectivity index (χ3v) is 3.73. The first-order valence-electron chi connectivity index (χ1n) is 7.06. The summed E-state index contributed by atoms with van der Waals surface area (Å²) in [5, 5.41) is 0.366. The van der Waals surface area contributed by atoms with Gasteiger partial charge in [-0.3, -0.25) is 9.59 Å². The van der Waals surface area contributed by atoms with E-state index >= 15 is 0 Å². The first-order chi connectivity index (χ1) is 11.6. The molecule has 6 nitrogen and oxygen atoms in total. The fraction of sp³-hybridized carbons (Fsp3) is 0.118. The molecule has 0 bridgehead atoms.